The number of hydrogen-bond acceptors (Lipinski definition) is 7. The van der Waals surface area contributed by atoms with Gasteiger partial charge in [-0.3, -0.25) is 0 Å². The quantitative estimate of drug-likeness (QED) is 0.332. The van der Waals surface area contributed by atoms with Gasteiger partial charge >= 0.3 is 0 Å². The average molecular weight is 491 g/mol. The van der Waals surface area contributed by atoms with Gasteiger partial charge in [0.15, 0.2) is 0 Å². The lowest BCUT2D eigenvalue weighted by molar-refractivity contribution is 0.0672. The van der Waals surface area contributed by atoms with Crippen LogP contribution in [0.3, 0.4) is 0 Å². The smallest absolute Gasteiger partial charge is 0.120 e. The number of aliphatic hydroxyl groups is 4. The van der Waals surface area contributed by atoms with Crippen molar-refractivity contribution in [2.45, 2.75) is 77.8 Å². The fraction of sp³-hybridized carbons (Fsp3) is 0.571. The van der Waals surface area contributed by atoms with E-state index in [2.05, 4.69) is 0 Å². The second-order valence-electron chi connectivity index (χ2n) is 11.0. The van der Waals surface area contributed by atoms with Crippen molar-refractivity contribution in [3.63, 3.8) is 0 Å². The Morgan fingerprint density at radius 1 is 0.457 bits per heavy atom. The van der Waals surface area contributed by atoms with E-state index in [1.807, 2.05) is 0 Å². The van der Waals surface area contributed by atoms with Crippen molar-refractivity contribution in [1.29, 1.82) is 0 Å². The molecule has 7 nitrogen and oxygen atoms in total. The number of hydrogen-bond donors (Lipinski definition) is 4. The van der Waals surface area contributed by atoms with Crippen LogP contribution in [-0.4, -0.2) is 46.9 Å². The first-order valence-corrected chi connectivity index (χ1v) is 11.9. The van der Waals surface area contributed by atoms with Gasteiger partial charge in [-0.25, -0.2) is 0 Å². The third-order valence-electron chi connectivity index (χ3n) is 5.63. The number of rotatable bonds is 12. The molecule has 0 saturated heterocycles. The maximum Gasteiger partial charge on any atom is 0.120 e. The lowest BCUT2D eigenvalue weighted by Gasteiger charge is -2.24. The highest BCUT2D eigenvalue weighted by atomic mass is 16.5. The van der Waals surface area contributed by atoms with Gasteiger partial charge in [0, 0.05) is 0 Å². The molecule has 2 aromatic carbocycles. The van der Waals surface area contributed by atoms with Crippen molar-refractivity contribution in [2.75, 3.05) is 26.4 Å². The molecule has 0 atom stereocenters. The summed E-state index contributed by atoms with van der Waals surface area (Å²) in [7, 11) is 0. The molecule has 0 amide bonds. The van der Waals surface area contributed by atoms with Crippen LogP contribution in [0, 0.1) is 0 Å². The van der Waals surface area contributed by atoms with Crippen LogP contribution >= 0.6 is 0 Å². The maximum atomic E-state index is 10.4. The highest BCUT2D eigenvalue weighted by molar-refractivity contribution is 5.40. The molecule has 2 aromatic rings. The van der Waals surface area contributed by atoms with E-state index in [9.17, 15) is 20.4 Å². The van der Waals surface area contributed by atoms with E-state index in [0.717, 1.165) is 0 Å². The van der Waals surface area contributed by atoms with E-state index in [0.29, 0.717) is 47.0 Å². The number of benzene rings is 2. The standard InChI is InChI=1S/C28H42O7/c1-25(2,29)19-13-20(26(3,4)30)16-23(15-19)34-11-9-33-10-12-35-24-17-21(27(5,6)31)14-22(18-24)28(7,8)32/h13-18,29-32H,9-12H2,1-8H3. The molecule has 0 radical (unpaired) electrons. The van der Waals surface area contributed by atoms with Gasteiger partial charge in [0.25, 0.3) is 0 Å². The minimum atomic E-state index is -1.07. The predicted octanol–water partition coefficient (Wildman–Crippen LogP) is 4.07. The molecule has 2 rings (SSSR count). The van der Waals surface area contributed by atoms with Gasteiger partial charge < -0.3 is 34.6 Å². The third-order valence-corrected chi connectivity index (χ3v) is 5.63. The summed E-state index contributed by atoms with van der Waals surface area (Å²) in [6.07, 6.45) is 0. The van der Waals surface area contributed by atoms with E-state index in [1.54, 1.807) is 91.8 Å². The van der Waals surface area contributed by atoms with Crippen molar-refractivity contribution in [3.05, 3.63) is 58.7 Å². The van der Waals surface area contributed by atoms with Crippen LogP contribution in [0.2, 0.25) is 0 Å². The lowest BCUT2D eigenvalue weighted by atomic mass is 9.90. The second-order valence-corrected chi connectivity index (χ2v) is 11.0. The van der Waals surface area contributed by atoms with Gasteiger partial charge in [-0.15, -0.1) is 0 Å². The van der Waals surface area contributed by atoms with Crippen molar-refractivity contribution >= 4 is 0 Å². The topological polar surface area (TPSA) is 109 Å². The molecule has 0 saturated carbocycles. The van der Waals surface area contributed by atoms with Gasteiger partial charge in [-0.05, 0) is 114 Å². The van der Waals surface area contributed by atoms with Gasteiger partial charge in [0.05, 0.1) is 35.6 Å². The van der Waals surface area contributed by atoms with Crippen LogP contribution in [0.25, 0.3) is 0 Å². The summed E-state index contributed by atoms with van der Waals surface area (Å²) >= 11 is 0. The first kappa shape index (κ1) is 29.1. The molecule has 0 bridgehead atoms. The van der Waals surface area contributed by atoms with Crippen LogP contribution < -0.4 is 9.47 Å². The first-order chi connectivity index (χ1) is 15.9. The minimum absolute atomic E-state index is 0.289. The summed E-state index contributed by atoms with van der Waals surface area (Å²) in [5, 5.41) is 41.5. The Kier molecular flexibility index (Phi) is 9.01. The molecule has 0 aliphatic rings. The molecule has 7 heteroatoms. The van der Waals surface area contributed by atoms with Gasteiger partial charge in [0.1, 0.15) is 24.7 Å². The molecule has 0 spiro atoms. The third kappa shape index (κ3) is 9.09. The average Bonchev–Trinajstić information content (AvgIpc) is 2.70. The lowest BCUT2D eigenvalue weighted by Crippen LogP contribution is -2.21. The Morgan fingerprint density at radius 2 is 0.714 bits per heavy atom. The monoisotopic (exact) mass is 490 g/mol. The van der Waals surface area contributed by atoms with E-state index in [-0.39, 0.29) is 13.2 Å². The van der Waals surface area contributed by atoms with Crippen LogP contribution in [0.5, 0.6) is 11.5 Å². The zero-order chi connectivity index (χ0) is 26.7. The van der Waals surface area contributed by atoms with Crippen LogP contribution in [0.15, 0.2) is 36.4 Å². The fourth-order valence-corrected chi connectivity index (χ4v) is 3.32. The van der Waals surface area contributed by atoms with Crippen molar-refractivity contribution in [2.24, 2.45) is 0 Å². The Labute approximate surface area is 209 Å². The molecule has 0 heterocycles. The maximum absolute atomic E-state index is 10.4. The van der Waals surface area contributed by atoms with Crippen LogP contribution in [0.1, 0.15) is 77.6 Å². The fourth-order valence-electron chi connectivity index (χ4n) is 3.32. The largest absolute Gasteiger partial charge is 0.491 e. The summed E-state index contributed by atoms with van der Waals surface area (Å²) in [4.78, 5) is 0. The van der Waals surface area contributed by atoms with E-state index in [4.69, 9.17) is 14.2 Å². The molecule has 0 aliphatic heterocycles. The molecule has 196 valence electrons. The highest BCUT2D eigenvalue weighted by Gasteiger charge is 2.24. The van der Waals surface area contributed by atoms with Crippen molar-refractivity contribution < 1.29 is 34.6 Å². The molecule has 0 fully saturated rings. The molecule has 0 unspecified atom stereocenters. The Morgan fingerprint density at radius 3 is 0.943 bits per heavy atom. The van der Waals surface area contributed by atoms with Gasteiger partial charge in [-0.2, -0.15) is 0 Å². The summed E-state index contributed by atoms with van der Waals surface area (Å²) in [6.45, 7) is 14.7. The molecule has 4 N–H and O–H groups in total. The van der Waals surface area contributed by atoms with E-state index < -0.39 is 22.4 Å². The van der Waals surface area contributed by atoms with Gasteiger partial charge in [-0.1, -0.05) is 0 Å². The molecule has 0 aliphatic carbocycles. The summed E-state index contributed by atoms with van der Waals surface area (Å²) < 4.78 is 17.2. The van der Waals surface area contributed by atoms with Crippen LogP contribution in [0.4, 0.5) is 0 Å². The van der Waals surface area contributed by atoms with Crippen LogP contribution in [-0.2, 0) is 27.1 Å². The van der Waals surface area contributed by atoms with Gasteiger partial charge in [0.2, 0.25) is 0 Å². The Balaban J connectivity index is 1.90. The Hall–Kier alpha value is -2.16. The second kappa shape index (κ2) is 10.8. The van der Waals surface area contributed by atoms with E-state index in [1.165, 1.54) is 0 Å². The zero-order valence-corrected chi connectivity index (χ0v) is 22.3. The summed E-state index contributed by atoms with van der Waals surface area (Å²) in [6, 6.07) is 10.6. The Bertz CT molecular complexity index is 827. The molecule has 0 aromatic heterocycles. The SMILES string of the molecule is CC(C)(O)c1cc(OCCOCCOc2cc(C(C)(C)O)cc(C(C)(C)O)c2)cc(C(C)(C)O)c1. The molecular weight excluding hydrogens is 448 g/mol. The summed E-state index contributed by atoms with van der Waals surface area (Å²) in [5.41, 5.74) is -1.66. The first-order valence-electron chi connectivity index (χ1n) is 11.9. The predicted molar refractivity (Wildman–Crippen MR) is 136 cm³/mol. The highest BCUT2D eigenvalue weighted by Crippen LogP contribution is 2.32. The van der Waals surface area contributed by atoms with E-state index >= 15 is 0 Å². The van der Waals surface area contributed by atoms with Crippen molar-refractivity contribution in [1.82, 2.24) is 0 Å². The molecule has 35 heavy (non-hydrogen) atoms. The normalized spacial score (nSPS) is 13.1. The zero-order valence-electron chi connectivity index (χ0n) is 22.3. The molecular formula is C28H42O7. The minimum Gasteiger partial charge on any atom is -0.491 e. The summed E-state index contributed by atoms with van der Waals surface area (Å²) in [5.74, 6) is 1.09. The number of ether oxygens (including phenoxy) is 3. The van der Waals surface area contributed by atoms with Crippen molar-refractivity contribution in [3.8, 4) is 11.5 Å².